The second-order valence-electron chi connectivity index (χ2n) is 5.30. The summed E-state index contributed by atoms with van der Waals surface area (Å²) in [5.74, 6) is 0.965. The molecule has 1 aliphatic heterocycles. The number of nitrogens with one attached hydrogen (secondary N) is 2. The molecule has 5 nitrogen and oxygen atoms in total. The van der Waals surface area contributed by atoms with Crippen LogP contribution in [0.2, 0.25) is 0 Å². The standard InChI is InChI=1S/C15H20N4O/c1-19-13-8-3-2-6-11(13)18-14(19)10-17-15(20)12-7-4-5-9-16-12/h2-3,6,8,12,16H,4-5,7,9-10H2,1H3,(H,17,20)/t12-/m1/s1. The summed E-state index contributed by atoms with van der Waals surface area (Å²) in [5.41, 5.74) is 2.06. The number of piperidine rings is 1. The molecule has 20 heavy (non-hydrogen) atoms. The maximum atomic E-state index is 12.1. The van der Waals surface area contributed by atoms with Gasteiger partial charge in [-0.05, 0) is 31.5 Å². The highest BCUT2D eigenvalue weighted by atomic mass is 16.2. The smallest absolute Gasteiger partial charge is 0.237 e. The zero-order valence-corrected chi connectivity index (χ0v) is 11.7. The van der Waals surface area contributed by atoms with Crippen molar-refractivity contribution in [1.82, 2.24) is 20.2 Å². The van der Waals surface area contributed by atoms with Crippen molar-refractivity contribution in [2.45, 2.75) is 31.8 Å². The molecule has 1 aromatic carbocycles. The third-order valence-electron chi connectivity index (χ3n) is 3.93. The summed E-state index contributed by atoms with van der Waals surface area (Å²) in [6.45, 7) is 1.41. The first-order valence-corrected chi connectivity index (χ1v) is 7.17. The maximum absolute atomic E-state index is 12.1. The predicted molar refractivity (Wildman–Crippen MR) is 78.2 cm³/mol. The van der Waals surface area contributed by atoms with Crippen LogP contribution >= 0.6 is 0 Å². The summed E-state index contributed by atoms with van der Waals surface area (Å²) >= 11 is 0. The van der Waals surface area contributed by atoms with Crippen LogP contribution in [0.3, 0.4) is 0 Å². The second-order valence-corrected chi connectivity index (χ2v) is 5.30. The molecule has 1 atom stereocenters. The van der Waals surface area contributed by atoms with Crippen LogP contribution in [-0.4, -0.2) is 28.0 Å². The second kappa shape index (κ2) is 5.63. The first-order valence-electron chi connectivity index (χ1n) is 7.17. The summed E-state index contributed by atoms with van der Waals surface area (Å²) in [6.07, 6.45) is 3.21. The number of imidazole rings is 1. The molecule has 0 bridgehead atoms. The van der Waals surface area contributed by atoms with E-state index in [0.717, 1.165) is 42.7 Å². The number of benzene rings is 1. The summed E-state index contributed by atoms with van der Waals surface area (Å²) in [7, 11) is 1.98. The van der Waals surface area contributed by atoms with Crippen LogP contribution in [0.4, 0.5) is 0 Å². The number of carbonyl (C=O) groups is 1. The van der Waals surface area contributed by atoms with E-state index in [9.17, 15) is 4.79 Å². The maximum Gasteiger partial charge on any atom is 0.237 e. The average Bonchev–Trinajstić information content (AvgIpc) is 2.83. The van der Waals surface area contributed by atoms with Gasteiger partial charge in [-0.25, -0.2) is 4.98 Å². The van der Waals surface area contributed by atoms with Gasteiger partial charge in [-0.2, -0.15) is 0 Å². The number of para-hydroxylation sites is 2. The number of hydrogen-bond donors (Lipinski definition) is 2. The Hall–Kier alpha value is -1.88. The molecule has 5 heteroatoms. The molecule has 0 saturated carbocycles. The van der Waals surface area contributed by atoms with E-state index in [2.05, 4.69) is 15.6 Å². The number of hydrogen-bond acceptors (Lipinski definition) is 3. The minimum atomic E-state index is -0.0431. The highest BCUT2D eigenvalue weighted by Crippen LogP contribution is 2.14. The van der Waals surface area contributed by atoms with Gasteiger partial charge in [-0.15, -0.1) is 0 Å². The lowest BCUT2D eigenvalue weighted by molar-refractivity contribution is -0.123. The highest BCUT2D eigenvalue weighted by Gasteiger charge is 2.20. The van der Waals surface area contributed by atoms with Gasteiger partial charge >= 0.3 is 0 Å². The summed E-state index contributed by atoms with van der Waals surface area (Å²) in [6, 6.07) is 7.96. The third-order valence-corrected chi connectivity index (χ3v) is 3.93. The molecule has 0 spiro atoms. The minimum Gasteiger partial charge on any atom is -0.348 e. The van der Waals surface area contributed by atoms with E-state index in [4.69, 9.17) is 0 Å². The lowest BCUT2D eigenvalue weighted by Crippen LogP contribution is -2.46. The third kappa shape index (κ3) is 2.54. The van der Waals surface area contributed by atoms with Crippen molar-refractivity contribution in [3.05, 3.63) is 30.1 Å². The van der Waals surface area contributed by atoms with Crippen molar-refractivity contribution in [1.29, 1.82) is 0 Å². The number of amides is 1. The van der Waals surface area contributed by atoms with Crippen molar-refractivity contribution in [2.24, 2.45) is 7.05 Å². The number of aromatic nitrogens is 2. The molecule has 1 saturated heterocycles. The fourth-order valence-electron chi connectivity index (χ4n) is 2.72. The molecular formula is C15H20N4O. The number of aryl methyl sites for hydroxylation is 1. The Labute approximate surface area is 118 Å². The molecule has 0 unspecified atom stereocenters. The first-order chi connectivity index (χ1) is 9.75. The molecule has 1 fully saturated rings. The van der Waals surface area contributed by atoms with Crippen molar-refractivity contribution in [3.8, 4) is 0 Å². The summed E-state index contributed by atoms with van der Waals surface area (Å²) in [5, 5.41) is 6.24. The molecule has 3 rings (SSSR count). The molecule has 1 aliphatic rings. The summed E-state index contributed by atoms with van der Waals surface area (Å²) in [4.78, 5) is 16.6. The van der Waals surface area contributed by atoms with Gasteiger partial charge in [0.05, 0.1) is 23.6 Å². The normalized spacial score (nSPS) is 19.1. The van der Waals surface area contributed by atoms with E-state index in [1.54, 1.807) is 0 Å². The highest BCUT2D eigenvalue weighted by molar-refractivity contribution is 5.82. The average molecular weight is 272 g/mol. The number of fused-ring (bicyclic) bond motifs is 1. The van der Waals surface area contributed by atoms with Gasteiger partial charge in [0.2, 0.25) is 5.91 Å². The molecule has 1 aromatic heterocycles. The quantitative estimate of drug-likeness (QED) is 0.886. The van der Waals surface area contributed by atoms with E-state index in [1.807, 2.05) is 35.9 Å². The van der Waals surface area contributed by atoms with Gasteiger partial charge in [0, 0.05) is 7.05 Å². The minimum absolute atomic E-state index is 0.0431. The Kier molecular flexibility index (Phi) is 3.69. The largest absolute Gasteiger partial charge is 0.348 e. The lowest BCUT2D eigenvalue weighted by atomic mass is 10.0. The lowest BCUT2D eigenvalue weighted by Gasteiger charge is -2.22. The molecule has 1 amide bonds. The number of nitrogens with zero attached hydrogens (tertiary/aromatic N) is 2. The van der Waals surface area contributed by atoms with Gasteiger partial charge in [-0.1, -0.05) is 18.6 Å². The fraction of sp³-hybridized carbons (Fsp3) is 0.467. The zero-order valence-electron chi connectivity index (χ0n) is 11.7. The van der Waals surface area contributed by atoms with Crippen molar-refractivity contribution in [3.63, 3.8) is 0 Å². The van der Waals surface area contributed by atoms with Crippen LogP contribution in [0.5, 0.6) is 0 Å². The molecule has 2 aromatic rings. The van der Waals surface area contributed by atoms with E-state index < -0.39 is 0 Å². The molecule has 0 aliphatic carbocycles. The van der Waals surface area contributed by atoms with Crippen LogP contribution in [0.15, 0.2) is 24.3 Å². The molecule has 0 radical (unpaired) electrons. The zero-order chi connectivity index (χ0) is 13.9. The van der Waals surface area contributed by atoms with E-state index in [-0.39, 0.29) is 11.9 Å². The monoisotopic (exact) mass is 272 g/mol. The molecule has 2 N–H and O–H groups in total. The van der Waals surface area contributed by atoms with Crippen molar-refractivity contribution < 1.29 is 4.79 Å². The van der Waals surface area contributed by atoms with Crippen molar-refractivity contribution >= 4 is 16.9 Å². The summed E-state index contributed by atoms with van der Waals surface area (Å²) < 4.78 is 2.03. The van der Waals surface area contributed by atoms with Crippen LogP contribution in [0.25, 0.3) is 11.0 Å². The van der Waals surface area contributed by atoms with Crippen LogP contribution in [-0.2, 0) is 18.4 Å². The van der Waals surface area contributed by atoms with Gasteiger partial charge in [-0.3, -0.25) is 4.79 Å². The Morgan fingerprint density at radius 3 is 3.05 bits per heavy atom. The van der Waals surface area contributed by atoms with E-state index in [1.165, 1.54) is 0 Å². The van der Waals surface area contributed by atoms with Gasteiger partial charge < -0.3 is 15.2 Å². The molecule has 106 valence electrons. The topological polar surface area (TPSA) is 59.0 Å². The van der Waals surface area contributed by atoms with Crippen LogP contribution in [0, 0.1) is 0 Å². The van der Waals surface area contributed by atoms with Crippen LogP contribution in [0.1, 0.15) is 25.1 Å². The molecular weight excluding hydrogens is 252 g/mol. The fourth-order valence-corrected chi connectivity index (χ4v) is 2.72. The number of rotatable bonds is 3. The Bertz CT molecular complexity index is 613. The van der Waals surface area contributed by atoms with Gasteiger partial charge in [0.1, 0.15) is 5.82 Å². The SMILES string of the molecule is Cn1c(CNC(=O)[C@H]2CCCCN2)nc2ccccc21. The Morgan fingerprint density at radius 2 is 2.30 bits per heavy atom. The van der Waals surface area contributed by atoms with Crippen molar-refractivity contribution in [2.75, 3.05) is 6.54 Å². The Balaban J connectivity index is 1.67. The van der Waals surface area contributed by atoms with Crippen LogP contribution < -0.4 is 10.6 Å². The Morgan fingerprint density at radius 1 is 1.45 bits per heavy atom. The van der Waals surface area contributed by atoms with Gasteiger partial charge in [0.25, 0.3) is 0 Å². The predicted octanol–water partition coefficient (Wildman–Crippen LogP) is 1.33. The number of carbonyl (C=O) groups excluding carboxylic acids is 1. The van der Waals surface area contributed by atoms with E-state index >= 15 is 0 Å². The van der Waals surface area contributed by atoms with Gasteiger partial charge in [0.15, 0.2) is 0 Å². The van der Waals surface area contributed by atoms with E-state index in [0.29, 0.717) is 6.54 Å². The first kappa shape index (κ1) is 13.1. The molecule has 2 heterocycles.